The summed E-state index contributed by atoms with van der Waals surface area (Å²) < 4.78 is 5.08. The zero-order valence-electron chi connectivity index (χ0n) is 11.8. The zero-order chi connectivity index (χ0) is 15.2. The van der Waals surface area contributed by atoms with E-state index in [0.29, 0.717) is 17.0 Å². The van der Waals surface area contributed by atoms with Crippen molar-refractivity contribution in [1.82, 2.24) is 5.32 Å². The molecule has 0 heterocycles. The molecule has 7 heteroatoms. The molecular weight excluding hydrogens is 322 g/mol. The molecule has 0 unspecified atom stereocenters. The molecule has 0 radical (unpaired) electrons. The minimum absolute atomic E-state index is 0. The lowest BCUT2D eigenvalue weighted by atomic mass is 10.2. The Morgan fingerprint density at radius 1 is 1.18 bits per heavy atom. The van der Waals surface area contributed by atoms with Crippen LogP contribution in [0.1, 0.15) is 10.4 Å². The van der Waals surface area contributed by atoms with Crippen molar-refractivity contribution in [3.8, 4) is 5.75 Å². The number of nitrogen functional groups attached to an aromatic ring is 1. The fraction of sp³-hybridized carbons (Fsp3) is 0.0667. The fourth-order valence-corrected chi connectivity index (χ4v) is 1.88. The number of amides is 1. The molecule has 0 aliphatic carbocycles. The topological polar surface area (TPSA) is 76.4 Å². The third-order valence-corrected chi connectivity index (χ3v) is 2.93. The molecule has 5 nitrogen and oxygen atoms in total. The van der Waals surface area contributed by atoms with Crippen LogP contribution in [-0.2, 0) is 0 Å². The predicted molar refractivity (Wildman–Crippen MR) is 94.8 cm³/mol. The number of carbonyl (C=O) groups excluding carboxylic acids is 1. The van der Waals surface area contributed by atoms with Gasteiger partial charge in [-0.15, -0.1) is 12.4 Å². The standard InChI is InChI=1S/C15H15N3O2S.ClH/c1-20-13-4-2-3-10(9-13)14(19)18-15(21)17-12-7-5-11(16)6-8-12;/h2-9H,16H2,1H3,(H2,17,18,19,21);1H. The van der Waals surface area contributed by atoms with Gasteiger partial charge in [0.2, 0.25) is 0 Å². The summed E-state index contributed by atoms with van der Waals surface area (Å²) >= 11 is 5.10. The minimum atomic E-state index is -0.304. The highest BCUT2D eigenvalue weighted by molar-refractivity contribution is 7.80. The van der Waals surface area contributed by atoms with Crippen LogP contribution >= 0.6 is 24.6 Å². The lowest BCUT2D eigenvalue weighted by Crippen LogP contribution is -2.34. The molecule has 116 valence electrons. The van der Waals surface area contributed by atoms with Crippen LogP contribution in [0.5, 0.6) is 5.75 Å². The van der Waals surface area contributed by atoms with E-state index >= 15 is 0 Å². The SMILES string of the molecule is COc1cccc(C(=O)NC(=S)Nc2ccc(N)cc2)c1.Cl. The first-order chi connectivity index (χ1) is 10.1. The first-order valence-electron chi connectivity index (χ1n) is 6.20. The van der Waals surface area contributed by atoms with Gasteiger partial charge in [0.05, 0.1) is 7.11 Å². The lowest BCUT2D eigenvalue weighted by molar-refractivity contribution is 0.0977. The molecule has 0 aromatic heterocycles. The monoisotopic (exact) mass is 337 g/mol. The van der Waals surface area contributed by atoms with E-state index < -0.39 is 0 Å². The number of benzene rings is 2. The maximum absolute atomic E-state index is 12.1. The molecule has 0 spiro atoms. The summed E-state index contributed by atoms with van der Waals surface area (Å²) in [7, 11) is 1.55. The van der Waals surface area contributed by atoms with Crippen LogP contribution in [0.4, 0.5) is 11.4 Å². The van der Waals surface area contributed by atoms with Crippen molar-refractivity contribution in [2.45, 2.75) is 0 Å². The van der Waals surface area contributed by atoms with Crippen LogP contribution in [0, 0.1) is 0 Å². The quantitative estimate of drug-likeness (QED) is 0.593. The Balaban J connectivity index is 0.00000242. The average Bonchev–Trinajstić information content (AvgIpc) is 2.49. The largest absolute Gasteiger partial charge is 0.497 e. The van der Waals surface area contributed by atoms with E-state index in [1.165, 1.54) is 0 Å². The highest BCUT2D eigenvalue weighted by Gasteiger charge is 2.08. The molecule has 0 aliphatic heterocycles. The third kappa shape index (κ3) is 4.91. The van der Waals surface area contributed by atoms with E-state index in [9.17, 15) is 4.79 Å². The van der Waals surface area contributed by atoms with Crippen LogP contribution in [0.25, 0.3) is 0 Å². The van der Waals surface area contributed by atoms with E-state index in [-0.39, 0.29) is 23.4 Å². The molecule has 2 rings (SSSR count). The van der Waals surface area contributed by atoms with Gasteiger partial charge >= 0.3 is 0 Å². The van der Waals surface area contributed by atoms with Crippen LogP contribution in [0.2, 0.25) is 0 Å². The van der Waals surface area contributed by atoms with Gasteiger partial charge in [0.15, 0.2) is 5.11 Å². The Labute approximate surface area is 140 Å². The number of thiocarbonyl (C=S) groups is 1. The van der Waals surface area contributed by atoms with Crippen LogP contribution in [0.15, 0.2) is 48.5 Å². The molecule has 22 heavy (non-hydrogen) atoms. The molecule has 1 amide bonds. The molecule has 0 saturated carbocycles. The average molecular weight is 338 g/mol. The maximum atomic E-state index is 12.1. The number of nitrogens with two attached hydrogens (primary N) is 1. The summed E-state index contributed by atoms with van der Waals surface area (Å²) in [5, 5.41) is 5.73. The maximum Gasteiger partial charge on any atom is 0.257 e. The highest BCUT2D eigenvalue weighted by atomic mass is 35.5. The Bertz CT molecular complexity index is 662. The number of methoxy groups -OCH3 is 1. The highest BCUT2D eigenvalue weighted by Crippen LogP contribution is 2.13. The van der Waals surface area contributed by atoms with Gasteiger partial charge in [-0.3, -0.25) is 10.1 Å². The number of hydrogen-bond donors (Lipinski definition) is 3. The summed E-state index contributed by atoms with van der Waals surface area (Å²) in [4.78, 5) is 12.1. The normalized spacial score (nSPS) is 9.32. The first kappa shape index (κ1) is 17.7. The van der Waals surface area contributed by atoms with E-state index in [4.69, 9.17) is 22.7 Å². The predicted octanol–water partition coefficient (Wildman–Crippen LogP) is 2.83. The van der Waals surface area contributed by atoms with E-state index in [0.717, 1.165) is 5.69 Å². The van der Waals surface area contributed by atoms with E-state index in [1.54, 1.807) is 55.6 Å². The van der Waals surface area contributed by atoms with E-state index in [1.807, 2.05) is 0 Å². The van der Waals surface area contributed by atoms with Crippen molar-refractivity contribution < 1.29 is 9.53 Å². The Kier molecular flexibility index (Phi) is 6.62. The second-order valence-electron chi connectivity index (χ2n) is 4.26. The molecule has 4 N–H and O–H groups in total. The van der Waals surface area contributed by atoms with Crippen LogP contribution < -0.4 is 21.1 Å². The van der Waals surface area contributed by atoms with Crippen LogP contribution in [0.3, 0.4) is 0 Å². The van der Waals surface area contributed by atoms with Gasteiger partial charge in [0, 0.05) is 16.9 Å². The van der Waals surface area contributed by atoms with Crippen molar-refractivity contribution in [1.29, 1.82) is 0 Å². The van der Waals surface area contributed by atoms with Crippen molar-refractivity contribution in [3.63, 3.8) is 0 Å². The molecule has 0 aliphatic rings. The first-order valence-corrected chi connectivity index (χ1v) is 6.61. The molecule has 2 aromatic carbocycles. The summed E-state index contributed by atoms with van der Waals surface area (Å²) in [6, 6.07) is 13.9. The summed E-state index contributed by atoms with van der Waals surface area (Å²) in [5.41, 5.74) is 7.48. The van der Waals surface area contributed by atoms with Gasteiger partial charge in [-0.05, 0) is 54.7 Å². The van der Waals surface area contributed by atoms with Crippen LogP contribution in [-0.4, -0.2) is 18.1 Å². The molecule has 0 saturated heterocycles. The number of ether oxygens (including phenoxy) is 1. The number of anilines is 2. The van der Waals surface area contributed by atoms with Gasteiger partial charge in [-0.25, -0.2) is 0 Å². The Morgan fingerprint density at radius 3 is 2.50 bits per heavy atom. The molecular formula is C15H16ClN3O2S. The number of nitrogens with one attached hydrogen (secondary N) is 2. The van der Waals surface area contributed by atoms with Gasteiger partial charge in [-0.1, -0.05) is 6.07 Å². The van der Waals surface area contributed by atoms with Gasteiger partial charge < -0.3 is 15.8 Å². The second kappa shape index (κ2) is 8.21. The fourth-order valence-electron chi connectivity index (χ4n) is 1.67. The van der Waals surface area contributed by atoms with E-state index in [2.05, 4.69) is 10.6 Å². The molecule has 0 fully saturated rings. The van der Waals surface area contributed by atoms with Gasteiger partial charge in [-0.2, -0.15) is 0 Å². The Hall–Kier alpha value is -2.31. The van der Waals surface area contributed by atoms with Gasteiger partial charge in [0.1, 0.15) is 5.75 Å². The molecule has 2 aromatic rings. The smallest absolute Gasteiger partial charge is 0.257 e. The summed E-state index contributed by atoms with van der Waals surface area (Å²) in [6.07, 6.45) is 0. The number of carbonyl (C=O) groups is 1. The molecule has 0 atom stereocenters. The minimum Gasteiger partial charge on any atom is -0.497 e. The lowest BCUT2D eigenvalue weighted by Gasteiger charge is -2.10. The van der Waals surface area contributed by atoms with Crippen molar-refractivity contribution in [3.05, 3.63) is 54.1 Å². The number of hydrogen-bond acceptors (Lipinski definition) is 4. The summed E-state index contributed by atoms with van der Waals surface area (Å²) in [6.45, 7) is 0. The van der Waals surface area contributed by atoms with Crippen molar-refractivity contribution in [2.24, 2.45) is 0 Å². The number of rotatable bonds is 3. The third-order valence-electron chi connectivity index (χ3n) is 2.73. The summed E-state index contributed by atoms with van der Waals surface area (Å²) in [5.74, 6) is 0.307. The molecule has 0 bridgehead atoms. The van der Waals surface area contributed by atoms with Crippen molar-refractivity contribution in [2.75, 3.05) is 18.2 Å². The second-order valence-corrected chi connectivity index (χ2v) is 4.67. The number of halogens is 1. The Morgan fingerprint density at radius 2 is 1.86 bits per heavy atom. The van der Waals surface area contributed by atoms with Crippen molar-refractivity contribution >= 4 is 47.0 Å². The van der Waals surface area contributed by atoms with Gasteiger partial charge in [0.25, 0.3) is 5.91 Å². The zero-order valence-corrected chi connectivity index (χ0v) is 13.5.